The standard InChI is InChI=1S/C13H12N4O5S/c1-8-6-11(15-22-8)14-12(18)7-17-13(19)9-4-2-3-5-10(9)23(20,21)16-17/h2-6,16H,7H2,1H3,(H,14,15,18). The van der Waals surface area contributed by atoms with Crippen LogP contribution in [0.3, 0.4) is 0 Å². The maximum Gasteiger partial charge on any atom is 0.270 e. The third-order valence-corrected chi connectivity index (χ3v) is 4.48. The average molecular weight is 336 g/mol. The smallest absolute Gasteiger partial charge is 0.270 e. The lowest BCUT2D eigenvalue weighted by Gasteiger charge is -2.28. The van der Waals surface area contributed by atoms with Crippen molar-refractivity contribution >= 4 is 27.7 Å². The van der Waals surface area contributed by atoms with Crippen LogP contribution in [0.15, 0.2) is 39.8 Å². The van der Waals surface area contributed by atoms with Gasteiger partial charge in [0, 0.05) is 6.07 Å². The first-order valence-corrected chi connectivity index (χ1v) is 8.01. The molecule has 10 heteroatoms. The van der Waals surface area contributed by atoms with Crippen molar-refractivity contribution in [1.82, 2.24) is 15.0 Å². The van der Waals surface area contributed by atoms with Crippen LogP contribution in [-0.2, 0) is 14.8 Å². The first-order valence-electron chi connectivity index (χ1n) is 6.53. The maximum absolute atomic E-state index is 12.3. The summed E-state index contributed by atoms with van der Waals surface area (Å²) in [7, 11) is -3.90. The summed E-state index contributed by atoms with van der Waals surface area (Å²) in [5.74, 6) is -0.542. The summed E-state index contributed by atoms with van der Waals surface area (Å²) in [4.78, 5) is 26.2. The molecular formula is C13H12N4O5S. The Morgan fingerprint density at radius 3 is 2.83 bits per heavy atom. The largest absolute Gasteiger partial charge is 0.360 e. The number of amides is 2. The van der Waals surface area contributed by atoms with Gasteiger partial charge in [0.2, 0.25) is 5.91 Å². The summed E-state index contributed by atoms with van der Waals surface area (Å²) in [5.41, 5.74) is 0.0105. The molecular weight excluding hydrogens is 324 g/mol. The molecule has 1 aliphatic heterocycles. The van der Waals surface area contributed by atoms with Gasteiger partial charge in [-0.2, -0.15) is 0 Å². The molecule has 1 aromatic carbocycles. The first-order chi connectivity index (χ1) is 10.9. The molecule has 2 N–H and O–H groups in total. The van der Waals surface area contributed by atoms with E-state index in [0.29, 0.717) is 5.76 Å². The number of carbonyl (C=O) groups excluding carboxylic acids is 2. The number of benzene rings is 1. The number of nitrogens with one attached hydrogen (secondary N) is 2. The van der Waals surface area contributed by atoms with Crippen molar-refractivity contribution in [2.75, 3.05) is 11.9 Å². The van der Waals surface area contributed by atoms with Gasteiger partial charge in [-0.05, 0) is 19.1 Å². The number of sulfonamides is 1. The van der Waals surface area contributed by atoms with E-state index in [2.05, 4.69) is 15.3 Å². The van der Waals surface area contributed by atoms with Gasteiger partial charge in [0.25, 0.3) is 15.9 Å². The van der Waals surface area contributed by atoms with Crippen LogP contribution in [0.4, 0.5) is 5.82 Å². The molecule has 0 spiro atoms. The molecule has 23 heavy (non-hydrogen) atoms. The number of anilines is 1. The summed E-state index contributed by atoms with van der Waals surface area (Å²) in [6.07, 6.45) is 0. The van der Waals surface area contributed by atoms with Crippen molar-refractivity contribution in [2.24, 2.45) is 0 Å². The highest BCUT2D eigenvalue weighted by molar-refractivity contribution is 7.89. The number of aryl methyl sites for hydroxylation is 1. The van der Waals surface area contributed by atoms with Gasteiger partial charge in [-0.25, -0.2) is 8.42 Å². The highest BCUT2D eigenvalue weighted by Gasteiger charge is 2.34. The van der Waals surface area contributed by atoms with Gasteiger partial charge in [0.05, 0.1) is 10.5 Å². The van der Waals surface area contributed by atoms with E-state index in [1.54, 1.807) is 13.0 Å². The third-order valence-electron chi connectivity index (χ3n) is 3.08. The van der Waals surface area contributed by atoms with Gasteiger partial charge in [-0.1, -0.05) is 17.3 Å². The van der Waals surface area contributed by atoms with E-state index in [1.165, 1.54) is 24.3 Å². The highest BCUT2D eigenvalue weighted by Crippen LogP contribution is 2.21. The van der Waals surface area contributed by atoms with Gasteiger partial charge in [0.15, 0.2) is 5.82 Å². The van der Waals surface area contributed by atoms with Crippen LogP contribution in [0.2, 0.25) is 0 Å². The topological polar surface area (TPSA) is 122 Å². The normalized spacial score (nSPS) is 16.0. The van der Waals surface area contributed by atoms with Crippen molar-refractivity contribution in [1.29, 1.82) is 0 Å². The second kappa shape index (κ2) is 5.48. The zero-order valence-electron chi connectivity index (χ0n) is 11.9. The Kier molecular flexibility index (Phi) is 3.62. The van der Waals surface area contributed by atoms with E-state index in [4.69, 9.17) is 4.52 Å². The van der Waals surface area contributed by atoms with Gasteiger partial charge >= 0.3 is 0 Å². The Bertz CT molecular complexity index is 889. The monoisotopic (exact) mass is 336 g/mol. The Hall–Kier alpha value is -2.72. The highest BCUT2D eigenvalue weighted by atomic mass is 32.2. The Morgan fingerprint density at radius 2 is 2.13 bits per heavy atom. The summed E-state index contributed by atoms with van der Waals surface area (Å²) < 4.78 is 29.0. The Balaban J connectivity index is 1.79. The predicted molar refractivity (Wildman–Crippen MR) is 77.7 cm³/mol. The molecule has 120 valence electrons. The molecule has 0 unspecified atom stereocenters. The number of aromatic nitrogens is 1. The van der Waals surface area contributed by atoms with E-state index in [1.807, 2.05) is 0 Å². The fourth-order valence-corrected chi connectivity index (χ4v) is 3.35. The second-order valence-electron chi connectivity index (χ2n) is 4.85. The van der Waals surface area contributed by atoms with E-state index in [-0.39, 0.29) is 16.3 Å². The third kappa shape index (κ3) is 2.94. The molecule has 1 aromatic heterocycles. The molecule has 0 radical (unpaired) electrons. The lowest BCUT2D eigenvalue weighted by Crippen LogP contribution is -2.53. The molecule has 2 amide bonds. The zero-order chi connectivity index (χ0) is 16.6. The molecule has 2 aromatic rings. The molecule has 2 heterocycles. The van der Waals surface area contributed by atoms with Crippen LogP contribution in [0, 0.1) is 6.92 Å². The molecule has 3 rings (SSSR count). The van der Waals surface area contributed by atoms with Crippen LogP contribution in [0.5, 0.6) is 0 Å². The van der Waals surface area contributed by atoms with Crippen molar-refractivity contribution in [3.63, 3.8) is 0 Å². The van der Waals surface area contributed by atoms with Gasteiger partial charge in [-0.15, -0.1) is 4.83 Å². The van der Waals surface area contributed by atoms with Gasteiger partial charge in [0.1, 0.15) is 12.3 Å². The Morgan fingerprint density at radius 1 is 1.39 bits per heavy atom. The predicted octanol–water partition coefficient (Wildman–Crippen LogP) is 0.271. The fraction of sp³-hybridized carbons (Fsp3) is 0.154. The zero-order valence-corrected chi connectivity index (χ0v) is 12.8. The van der Waals surface area contributed by atoms with Gasteiger partial charge < -0.3 is 9.84 Å². The van der Waals surface area contributed by atoms with Crippen molar-refractivity contribution in [3.05, 3.63) is 41.7 Å². The van der Waals surface area contributed by atoms with Crippen LogP contribution in [-0.4, -0.2) is 36.9 Å². The maximum atomic E-state index is 12.3. The Labute approximate surface area is 131 Å². The van der Waals surface area contributed by atoms with E-state index >= 15 is 0 Å². The molecule has 0 atom stereocenters. The van der Waals surface area contributed by atoms with Crippen LogP contribution >= 0.6 is 0 Å². The number of hydrogen-bond acceptors (Lipinski definition) is 6. The van der Waals surface area contributed by atoms with Crippen LogP contribution in [0.1, 0.15) is 16.1 Å². The molecule has 9 nitrogen and oxygen atoms in total. The van der Waals surface area contributed by atoms with E-state index < -0.39 is 28.4 Å². The lowest BCUT2D eigenvalue weighted by atomic mass is 10.2. The molecule has 0 saturated carbocycles. The summed E-state index contributed by atoms with van der Waals surface area (Å²) in [6.45, 7) is 1.15. The van der Waals surface area contributed by atoms with Crippen molar-refractivity contribution in [3.8, 4) is 0 Å². The van der Waals surface area contributed by atoms with Crippen molar-refractivity contribution < 1.29 is 22.5 Å². The molecule has 0 saturated heterocycles. The SMILES string of the molecule is Cc1cc(NC(=O)CN2NS(=O)(=O)c3ccccc3C2=O)no1. The number of fused-ring (bicyclic) bond motifs is 1. The van der Waals surface area contributed by atoms with Crippen LogP contribution in [0.25, 0.3) is 0 Å². The quantitative estimate of drug-likeness (QED) is 0.830. The van der Waals surface area contributed by atoms with E-state index in [0.717, 1.165) is 5.01 Å². The number of hydrazine groups is 1. The molecule has 0 aliphatic carbocycles. The molecule has 0 bridgehead atoms. The summed E-state index contributed by atoms with van der Waals surface area (Å²) in [5, 5.41) is 6.73. The minimum Gasteiger partial charge on any atom is -0.360 e. The first kappa shape index (κ1) is 15.2. The van der Waals surface area contributed by atoms with Crippen LogP contribution < -0.4 is 10.1 Å². The van der Waals surface area contributed by atoms with E-state index in [9.17, 15) is 18.0 Å². The number of nitrogens with zero attached hydrogens (tertiary/aromatic N) is 2. The summed E-state index contributed by atoms with van der Waals surface area (Å²) >= 11 is 0. The lowest BCUT2D eigenvalue weighted by molar-refractivity contribution is -0.117. The molecule has 0 fully saturated rings. The van der Waals surface area contributed by atoms with Gasteiger partial charge in [-0.3, -0.25) is 14.6 Å². The number of hydrogen-bond donors (Lipinski definition) is 2. The van der Waals surface area contributed by atoms with Crippen molar-refractivity contribution in [2.45, 2.75) is 11.8 Å². The minimum atomic E-state index is -3.90. The number of carbonyl (C=O) groups is 2. The second-order valence-corrected chi connectivity index (χ2v) is 6.48. The summed E-state index contributed by atoms with van der Waals surface area (Å²) in [6, 6.07) is 7.27. The average Bonchev–Trinajstić information content (AvgIpc) is 2.89. The molecule has 1 aliphatic rings. The number of rotatable bonds is 3. The fourth-order valence-electron chi connectivity index (χ4n) is 2.11. The minimum absolute atomic E-state index is 0.0105.